The molecule has 0 amide bonds. The second kappa shape index (κ2) is 15.7. The standard InChI is InChI=1S/C32H30F5N3O5.Na.H/c1-17-15-21(33)28(35)29(36)25(17)30(37)40-18(2)26(20-11-7-12-23(45-3)27(20)34)31(43)39(32(40)44)16-22(19-9-5-4-6-10-19)38-14-8-13-24(41)42;;/h4-7,9-12,15,22,30,38H,8,13-14,16H2,1-3H3,(H,41,42);;/t22-,30?;;/m0../s1. The van der Waals surface area contributed by atoms with E-state index in [-0.39, 0.29) is 65.8 Å². The Bertz CT molecular complexity index is 1850. The summed E-state index contributed by atoms with van der Waals surface area (Å²) >= 11 is 0. The Morgan fingerprint density at radius 1 is 0.978 bits per heavy atom. The SMILES string of the molecule is COc1cccc(-c2c(C)n(C(F)c3c(C)cc(F)c(F)c3F)c(=O)n(C[C@H](NCCCC(=O)O)c3ccccc3)c2=O)c1F.[NaH]. The second-order valence-electron chi connectivity index (χ2n) is 10.3. The number of nitrogens with zero attached hydrogens (tertiary/aromatic N) is 2. The van der Waals surface area contributed by atoms with E-state index in [1.165, 1.54) is 25.3 Å². The number of aliphatic carboxylic acids is 1. The van der Waals surface area contributed by atoms with E-state index in [4.69, 9.17) is 9.84 Å². The van der Waals surface area contributed by atoms with E-state index < -0.39 is 76.2 Å². The number of ether oxygens (including phenoxy) is 1. The van der Waals surface area contributed by atoms with Crippen LogP contribution in [-0.2, 0) is 11.3 Å². The minimum atomic E-state index is -2.76. The first-order valence-corrected chi connectivity index (χ1v) is 13.9. The molecule has 46 heavy (non-hydrogen) atoms. The zero-order chi connectivity index (χ0) is 33.0. The molecular weight excluding hydrogens is 624 g/mol. The van der Waals surface area contributed by atoms with E-state index in [1.807, 2.05) is 0 Å². The number of hydrogen-bond acceptors (Lipinski definition) is 5. The molecule has 4 aromatic rings. The Hall–Kier alpha value is -3.78. The maximum atomic E-state index is 16.4. The molecule has 1 heterocycles. The number of carboxylic acids is 1. The number of aromatic nitrogens is 2. The van der Waals surface area contributed by atoms with Crippen molar-refractivity contribution in [3.8, 4) is 16.9 Å². The van der Waals surface area contributed by atoms with Crippen molar-refractivity contribution in [1.29, 1.82) is 0 Å². The Kier molecular flexibility index (Phi) is 12.5. The summed E-state index contributed by atoms with van der Waals surface area (Å²) < 4.78 is 81.2. The van der Waals surface area contributed by atoms with E-state index >= 15 is 8.78 Å². The summed E-state index contributed by atoms with van der Waals surface area (Å²) in [4.78, 5) is 39.0. The van der Waals surface area contributed by atoms with Gasteiger partial charge in [-0.2, -0.15) is 0 Å². The Balaban J connectivity index is 0.00000576. The van der Waals surface area contributed by atoms with Gasteiger partial charge in [0.25, 0.3) is 5.56 Å². The first-order chi connectivity index (χ1) is 21.4. The van der Waals surface area contributed by atoms with Crippen molar-refractivity contribution in [2.75, 3.05) is 13.7 Å². The average Bonchev–Trinajstić information content (AvgIpc) is 3.00. The average molecular weight is 656 g/mol. The van der Waals surface area contributed by atoms with E-state index in [0.29, 0.717) is 20.8 Å². The molecule has 3 aromatic carbocycles. The fraction of sp³-hybridized carbons (Fsp3) is 0.281. The van der Waals surface area contributed by atoms with Crippen LogP contribution in [-0.4, -0.2) is 63.4 Å². The molecule has 0 radical (unpaired) electrons. The van der Waals surface area contributed by atoms with Crippen LogP contribution < -0.4 is 21.3 Å². The van der Waals surface area contributed by atoms with Gasteiger partial charge >= 0.3 is 41.2 Å². The molecule has 1 aromatic heterocycles. The minimum absolute atomic E-state index is 0. The summed E-state index contributed by atoms with van der Waals surface area (Å²) in [6.45, 7) is 1.99. The molecule has 0 saturated carbocycles. The number of halogens is 5. The quantitative estimate of drug-likeness (QED) is 0.0973. The van der Waals surface area contributed by atoms with Crippen molar-refractivity contribution < 1.29 is 36.6 Å². The molecule has 2 N–H and O–H groups in total. The predicted octanol–water partition coefficient (Wildman–Crippen LogP) is 4.92. The van der Waals surface area contributed by atoms with Gasteiger partial charge in [-0.25, -0.2) is 26.7 Å². The van der Waals surface area contributed by atoms with Gasteiger partial charge in [-0.1, -0.05) is 42.5 Å². The number of alkyl halides is 1. The van der Waals surface area contributed by atoms with Crippen LogP contribution in [0, 0.1) is 37.1 Å². The summed E-state index contributed by atoms with van der Waals surface area (Å²) in [6, 6.07) is 12.1. The monoisotopic (exact) mass is 655 g/mol. The molecule has 2 atom stereocenters. The van der Waals surface area contributed by atoms with Crippen LogP contribution in [0.25, 0.3) is 11.1 Å². The number of hydrogen-bond donors (Lipinski definition) is 2. The molecule has 8 nitrogen and oxygen atoms in total. The summed E-state index contributed by atoms with van der Waals surface area (Å²) in [5.74, 6) is -7.64. The summed E-state index contributed by atoms with van der Waals surface area (Å²) in [7, 11) is 1.20. The normalized spacial score (nSPS) is 12.3. The molecule has 4 rings (SSSR count). The number of methoxy groups -OCH3 is 1. The van der Waals surface area contributed by atoms with Crippen molar-refractivity contribution in [3.63, 3.8) is 0 Å². The first kappa shape index (κ1) is 36.7. The van der Waals surface area contributed by atoms with Gasteiger partial charge in [0.05, 0.1) is 25.3 Å². The van der Waals surface area contributed by atoms with Crippen molar-refractivity contribution in [3.05, 3.63) is 121 Å². The molecule has 0 fully saturated rings. The van der Waals surface area contributed by atoms with E-state index in [0.717, 1.165) is 13.8 Å². The third kappa shape index (κ3) is 7.43. The van der Waals surface area contributed by atoms with E-state index in [1.54, 1.807) is 30.3 Å². The third-order valence-corrected chi connectivity index (χ3v) is 7.47. The van der Waals surface area contributed by atoms with Gasteiger partial charge in [-0.15, -0.1) is 0 Å². The number of rotatable bonds is 12. The van der Waals surface area contributed by atoms with Crippen LogP contribution in [0.2, 0.25) is 0 Å². The molecule has 240 valence electrons. The molecule has 0 spiro atoms. The Morgan fingerprint density at radius 3 is 2.28 bits per heavy atom. The van der Waals surface area contributed by atoms with Gasteiger partial charge in [0, 0.05) is 23.2 Å². The molecule has 0 aliphatic carbocycles. The number of carbonyl (C=O) groups is 1. The van der Waals surface area contributed by atoms with Crippen LogP contribution in [0.5, 0.6) is 5.75 Å². The van der Waals surface area contributed by atoms with E-state index in [2.05, 4.69) is 5.32 Å². The van der Waals surface area contributed by atoms with Crippen molar-refractivity contribution >= 4 is 35.5 Å². The third-order valence-electron chi connectivity index (χ3n) is 7.47. The van der Waals surface area contributed by atoms with Gasteiger partial charge < -0.3 is 15.2 Å². The number of nitrogens with one attached hydrogen (secondary N) is 1. The Labute approximate surface area is 282 Å². The zero-order valence-corrected chi connectivity index (χ0v) is 24.5. The number of aryl methyl sites for hydroxylation is 1. The zero-order valence-electron chi connectivity index (χ0n) is 24.5. The van der Waals surface area contributed by atoms with Crippen molar-refractivity contribution in [2.24, 2.45) is 0 Å². The molecule has 0 aliphatic heterocycles. The second-order valence-corrected chi connectivity index (χ2v) is 10.3. The molecule has 0 saturated heterocycles. The number of benzene rings is 3. The molecule has 0 bridgehead atoms. The van der Waals surface area contributed by atoms with Crippen molar-refractivity contribution in [1.82, 2.24) is 14.5 Å². The van der Waals surface area contributed by atoms with E-state index in [9.17, 15) is 27.6 Å². The summed E-state index contributed by atoms with van der Waals surface area (Å²) in [5.41, 5.74) is -4.23. The van der Waals surface area contributed by atoms with Crippen LogP contribution in [0.1, 0.15) is 47.6 Å². The van der Waals surface area contributed by atoms with Gasteiger partial charge in [0.15, 0.2) is 29.0 Å². The number of carboxylic acid groups (broad SMARTS) is 1. The summed E-state index contributed by atoms with van der Waals surface area (Å²) in [5, 5.41) is 12.1. The fourth-order valence-corrected chi connectivity index (χ4v) is 5.19. The maximum absolute atomic E-state index is 16.4. The molecule has 14 heteroatoms. The van der Waals surface area contributed by atoms with Gasteiger partial charge in [-0.05, 0) is 50.1 Å². The first-order valence-electron chi connectivity index (χ1n) is 13.9. The topological polar surface area (TPSA) is 103 Å². The Morgan fingerprint density at radius 2 is 1.65 bits per heavy atom. The fourth-order valence-electron chi connectivity index (χ4n) is 5.19. The van der Waals surface area contributed by atoms with Crippen molar-refractivity contribution in [2.45, 2.75) is 45.6 Å². The van der Waals surface area contributed by atoms with Crippen LogP contribution >= 0.6 is 0 Å². The summed E-state index contributed by atoms with van der Waals surface area (Å²) in [6.07, 6.45) is -2.72. The van der Waals surface area contributed by atoms with Crippen LogP contribution in [0.15, 0.2) is 64.2 Å². The van der Waals surface area contributed by atoms with Gasteiger partial charge in [0.2, 0.25) is 6.30 Å². The molecule has 0 aliphatic rings. The van der Waals surface area contributed by atoms with Gasteiger partial charge in [-0.3, -0.25) is 18.7 Å². The molecule has 1 unspecified atom stereocenters. The predicted molar refractivity (Wildman–Crippen MR) is 163 cm³/mol. The van der Waals surface area contributed by atoms with Crippen LogP contribution in [0.4, 0.5) is 22.0 Å². The molecular formula is C32H31F5N3NaO5. The van der Waals surface area contributed by atoms with Crippen LogP contribution in [0.3, 0.4) is 0 Å². The van der Waals surface area contributed by atoms with Gasteiger partial charge in [0.1, 0.15) is 0 Å².